The van der Waals surface area contributed by atoms with Gasteiger partial charge in [-0.3, -0.25) is 10.1 Å². The minimum atomic E-state index is -3.51. The van der Waals surface area contributed by atoms with E-state index in [9.17, 15) is 23.6 Å². The second-order valence-corrected chi connectivity index (χ2v) is 7.28. The molecule has 0 aromatic heterocycles. The fraction of sp³-hybridized carbons (Fsp3) is 0.538. The summed E-state index contributed by atoms with van der Waals surface area (Å²) in [5, 5.41) is 21.0. The van der Waals surface area contributed by atoms with Crippen LogP contribution in [0.1, 0.15) is 32.3 Å². The van der Waals surface area contributed by atoms with Crippen LogP contribution in [0, 0.1) is 16.0 Å². The quantitative estimate of drug-likeness (QED) is 0.663. The monoisotopic (exact) mass is 301 g/mol. The van der Waals surface area contributed by atoms with Crippen molar-refractivity contribution in [2.75, 3.05) is 6.26 Å². The molecule has 0 fully saturated rings. The van der Waals surface area contributed by atoms with Crippen LogP contribution in [0.4, 0.5) is 5.69 Å². The fourth-order valence-electron chi connectivity index (χ4n) is 2.37. The molecule has 0 aliphatic heterocycles. The van der Waals surface area contributed by atoms with Crippen molar-refractivity contribution < 1.29 is 18.4 Å². The highest BCUT2D eigenvalue weighted by Gasteiger charge is 2.29. The molecule has 0 saturated carbocycles. The number of nitro benzene ring substituents is 1. The van der Waals surface area contributed by atoms with Crippen molar-refractivity contribution in [1.82, 2.24) is 0 Å². The van der Waals surface area contributed by atoms with E-state index in [-0.39, 0.29) is 16.5 Å². The number of rotatable bonds is 5. The SMILES string of the molecule is CC(C)C(c1ccc(S(C)(=O)=O)cc1[N+](=O)[O-])C(C)O. The highest BCUT2D eigenvalue weighted by atomic mass is 32.2. The molecule has 2 atom stereocenters. The summed E-state index contributed by atoms with van der Waals surface area (Å²) in [4.78, 5) is 10.5. The summed E-state index contributed by atoms with van der Waals surface area (Å²) in [6, 6.07) is 3.82. The highest BCUT2D eigenvalue weighted by Crippen LogP contribution is 2.35. The zero-order valence-corrected chi connectivity index (χ0v) is 12.7. The highest BCUT2D eigenvalue weighted by molar-refractivity contribution is 7.90. The van der Waals surface area contributed by atoms with E-state index in [1.807, 2.05) is 13.8 Å². The maximum atomic E-state index is 11.5. The normalized spacial score (nSPS) is 15.1. The lowest BCUT2D eigenvalue weighted by Crippen LogP contribution is -2.21. The second kappa shape index (κ2) is 5.88. The Bertz CT molecular complexity index is 599. The van der Waals surface area contributed by atoms with E-state index in [0.717, 1.165) is 12.3 Å². The average molecular weight is 301 g/mol. The van der Waals surface area contributed by atoms with Gasteiger partial charge in [-0.1, -0.05) is 19.9 Å². The average Bonchev–Trinajstić information content (AvgIpc) is 2.26. The second-order valence-electron chi connectivity index (χ2n) is 5.26. The van der Waals surface area contributed by atoms with E-state index in [1.54, 1.807) is 6.92 Å². The zero-order chi connectivity index (χ0) is 15.7. The van der Waals surface area contributed by atoms with E-state index >= 15 is 0 Å². The first-order valence-corrected chi connectivity index (χ1v) is 8.11. The largest absolute Gasteiger partial charge is 0.393 e. The van der Waals surface area contributed by atoms with Crippen molar-refractivity contribution in [3.05, 3.63) is 33.9 Å². The Hall–Kier alpha value is -1.47. The van der Waals surface area contributed by atoms with Crippen LogP contribution in [0.2, 0.25) is 0 Å². The van der Waals surface area contributed by atoms with Gasteiger partial charge in [0.05, 0.1) is 15.9 Å². The summed E-state index contributed by atoms with van der Waals surface area (Å²) in [5.41, 5.74) is 0.0833. The number of nitrogens with zero attached hydrogens (tertiary/aromatic N) is 1. The van der Waals surface area contributed by atoms with E-state index < -0.39 is 26.8 Å². The molecule has 0 spiro atoms. The molecule has 1 rings (SSSR count). The number of benzene rings is 1. The predicted octanol–water partition coefficient (Wildman–Crippen LogP) is 2.12. The van der Waals surface area contributed by atoms with Crippen LogP contribution >= 0.6 is 0 Å². The lowest BCUT2D eigenvalue weighted by molar-refractivity contribution is -0.386. The molecule has 1 N–H and O–H groups in total. The van der Waals surface area contributed by atoms with Gasteiger partial charge < -0.3 is 5.11 Å². The van der Waals surface area contributed by atoms with Crippen molar-refractivity contribution in [1.29, 1.82) is 0 Å². The third-order valence-electron chi connectivity index (χ3n) is 3.22. The zero-order valence-electron chi connectivity index (χ0n) is 11.9. The topological polar surface area (TPSA) is 97.5 Å². The third-order valence-corrected chi connectivity index (χ3v) is 4.33. The molecular formula is C13H19NO5S. The first kappa shape index (κ1) is 16.6. The molecule has 0 aliphatic rings. The van der Waals surface area contributed by atoms with Crippen LogP contribution in [-0.4, -0.2) is 30.8 Å². The van der Waals surface area contributed by atoms with Crippen molar-refractivity contribution in [2.24, 2.45) is 5.92 Å². The van der Waals surface area contributed by atoms with Gasteiger partial charge in [0.25, 0.3) is 5.69 Å². The lowest BCUT2D eigenvalue weighted by Gasteiger charge is -2.24. The minimum Gasteiger partial charge on any atom is -0.393 e. The van der Waals surface area contributed by atoms with E-state index in [1.165, 1.54) is 12.1 Å². The van der Waals surface area contributed by atoms with Crippen LogP contribution in [0.15, 0.2) is 23.1 Å². The van der Waals surface area contributed by atoms with Gasteiger partial charge in [-0.15, -0.1) is 0 Å². The van der Waals surface area contributed by atoms with Gasteiger partial charge in [0.2, 0.25) is 0 Å². The number of hydrogen-bond acceptors (Lipinski definition) is 5. The Labute approximate surface area is 118 Å². The van der Waals surface area contributed by atoms with Crippen LogP contribution in [0.5, 0.6) is 0 Å². The molecule has 1 aromatic carbocycles. The summed E-state index contributed by atoms with van der Waals surface area (Å²) in [6.45, 7) is 5.27. The van der Waals surface area contributed by atoms with E-state index in [2.05, 4.69) is 0 Å². The third kappa shape index (κ3) is 3.55. The summed E-state index contributed by atoms with van der Waals surface area (Å²) in [7, 11) is -3.51. The summed E-state index contributed by atoms with van der Waals surface area (Å²) >= 11 is 0. The number of hydrogen-bond donors (Lipinski definition) is 1. The molecule has 1 aromatic rings. The molecule has 0 aliphatic carbocycles. The standard InChI is InChI=1S/C13H19NO5S/c1-8(2)13(9(3)15)11-6-5-10(20(4,18)19)7-12(11)14(16)17/h5-9,13,15H,1-4H3. The van der Waals surface area contributed by atoms with Crippen LogP contribution < -0.4 is 0 Å². The fourth-order valence-corrected chi connectivity index (χ4v) is 3.01. The van der Waals surface area contributed by atoms with Crippen molar-refractivity contribution in [3.63, 3.8) is 0 Å². The van der Waals surface area contributed by atoms with Gasteiger partial charge in [-0.05, 0) is 18.9 Å². The van der Waals surface area contributed by atoms with E-state index in [4.69, 9.17) is 0 Å². The first-order valence-electron chi connectivity index (χ1n) is 6.22. The minimum absolute atomic E-state index is 0.0159. The van der Waals surface area contributed by atoms with E-state index in [0.29, 0.717) is 5.56 Å². The molecule has 20 heavy (non-hydrogen) atoms. The van der Waals surface area contributed by atoms with Crippen molar-refractivity contribution in [2.45, 2.75) is 37.7 Å². The summed E-state index contributed by atoms with van der Waals surface area (Å²) < 4.78 is 23.0. The van der Waals surface area contributed by atoms with Gasteiger partial charge in [0.15, 0.2) is 9.84 Å². The molecule has 0 heterocycles. The summed E-state index contributed by atoms with van der Waals surface area (Å²) in [5.74, 6) is -0.443. The number of aliphatic hydroxyl groups is 1. The van der Waals surface area contributed by atoms with Gasteiger partial charge in [0, 0.05) is 23.8 Å². The maximum absolute atomic E-state index is 11.5. The molecule has 2 unspecified atom stereocenters. The smallest absolute Gasteiger partial charge is 0.274 e. The van der Waals surface area contributed by atoms with Crippen LogP contribution in [0.3, 0.4) is 0 Å². The first-order chi connectivity index (χ1) is 9.05. The molecule has 112 valence electrons. The molecule has 0 amide bonds. The number of aliphatic hydroxyl groups excluding tert-OH is 1. The van der Waals surface area contributed by atoms with Crippen LogP contribution in [-0.2, 0) is 9.84 Å². The lowest BCUT2D eigenvalue weighted by atomic mass is 9.83. The Balaban J connectivity index is 3.52. The van der Waals surface area contributed by atoms with Crippen molar-refractivity contribution in [3.8, 4) is 0 Å². The number of nitro groups is 1. The van der Waals surface area contributed by atoms with Crippen LogP contribution in [0.25, 0.3) is 0 Å². The maximum Gasteiger partial charge on any atom is 0.274 e. The predicted molar refractivity (Wildman–Crippen MR) is 75.5 cm³/mol. The molecule has 7 heteroatoms. The molecular weight excluding hydrogens is 282 g/mol. The molecule has 0 radical (unpaired) electrons. The number of sulfone groups is 1. The Kier molecular flexibility index (Phi) is 4.88. The van der Waals surface area contributed by atoms with Gasteiger partial charge >= 0.3 is 0 Å². The van der Waals surface area contributed by atoms with Gasteiger partial charge in [-0.2, -0.15) is 0 Å². The Morgan fingerprint density at radius 3 is 2.15 bits per heavy atom. The molecule has 0 bridgehead atoms. The van der Waals surface area contributed by atoms with Gasteiger partial charge in [-0.25, -0.2) is 8.42 Å². The van der Waals surface area contributed by atoms with Crippen molar-refractivity contribution >= 4 is 15.5 Å². The molecule has 6 nitrogen and oxygen atoms in total. The van der Waals surface area contributed by atoms with Gasteiger partial charge in [0.1, 0.15) is 0 Å². The molecule has 0 saturated heterocycles. The Morgan fingerprint density at radius 1 is 1.25 bits per heavy atom. The Morgan fingerprint density at radius 2 is 1.80 bits per heavy atom. The summed E-state index contributed by atoms with van der Waals surface area (Å²) in [6.07, 6.45) is 0.234.